The minimum Gasteiger partial charge on any atom is -0.550 e. The van der Waals surface area contributed by atoms with Crippen LogP contribution in [0.3, 0.4) is 0 Å². The number of hydrogen-bond donors (Lipinski definition) is 1. The molecule has 3 aromatic rings. The molecule has 0 saturated carbocycles. The van der Waals surface area contributed by atoms with Gasteiger partial charge in [-0.15, -0.1) is 5.10 Å². The third-order valence-corrected chi connectivity index (χ3v) is 2.42. The van der Waals surface area contributed by atoms with Gasteiger partial charge < -0.3 is 9.90 Å². The number of carbonyl (C=O) groups excluding carboxylic acids is 1. The number of nitrogens with one attached hydrogen (secondary N) is 2. The Morgan fingerprint density at radius 3 is 2.68 bits per heavy atom. The third-order valence-electron chi connectivity index (χ3n) is 2.42. The molecule has 0 saturated heterocycles. The molecule has 19 heavy (non-hydrogen) atoms. The van der Waals surface area contributed by atoms with Gasteiger partial charge in [0.15, 0.2) is 6.20 Å². The van der Waals surface area contributed by atoms with E-state index in [0.717, 1.165) is 10.9 Å². The summed E-state index contributed by atoms with van der Waals surface area (Å²) in [5, 5.41) is 16.8. The van der Waals surface area contributed by atoms with Gasteiger partial charge in [-0.1, -0.05) is 24.3 Å². The molecule has 96 valence electrons. The van der Waals surface area contributed by atoms with E-state index in [2.05, 4.69) is 15.2 Å². The highest BCUT2D eigenvalue weighted by atomic mass is 16.4. The molecule has 0 radical (unpaired) electrons. The number of fused-ring (bicyclic) bond motifs is 1. The normalized spacial score (nSPS) is 9.68. The van der Waals surface area contributed by atoms with Crippen molar-refractivity contribution in [3.63, 3.8) is 0 Å². The molecule has 0 aliphatic carbocycles. The molecule has 2 aromatic heterocycles. The van der Waals surface area contributed by atoms with Crippen molar-refractivity contribution in [3.05, 3.63) is 60.6 Å². The van der Waals surface area contributed by atoms with E-state index in [4.69, 9.17) is 0 Å². The number of hydrogen-bond acceptors (Lipinski definition) is 3. The molecule has 0 unspecified atom stereocenters. The second kappa shape index (κ2) is 6.30. The highest BCUT2D eigenvalue weighted by Crippen LogP contribution is 2.11. The number of pyridine rings is 1. The Labute approximate surface area is 109 Å². The monoisotopic (exact) mass is 255 g/mol. The minimum atomic E-state index is -1.10. The standard InChI is InChI=1S/C11H9NO2.C3H4N2/c13-11(14)7-9-6-5-8-3-1-2-4-10(8)12-9;1-2-4-5-3-1/h1-6H,7H2,(H,13,14);1-3H,(H,4,5). The molecule has 0 amide bonds. The number of aliphatic carboxylic acids is 1. The molecule has 0 fully saturated rings. The molecule has 0 aliphatic heterocycles. The number of para-hydroxylation sites is 1. The summed E-state index contributed by atoms with van der Waals surface area (Å²) >= 11 is 0. The third kappa shape index (κ3) is 3.92. The van der Waals surface area contributed by atoms with E-state index in [9.17, 15) is 9.90 Å². The largest absolute Gasteiger partial charge is 0.550 e. The summed E-state index contributed by atoms with van der Waals surface area (Å²) in [7, 11) is 0. The van der Waals surface area contributed by atoms with E-state index in [1.807, 2.05) is 48.8 Å². The van der Waals surface area contributed by atoms with E-state index in [1.54, 1.807) is 6.07 Å². The van der Waals surface area contributed by atoms with Crippen molar-refractivity contribution in [3.8, 4) is 0 Å². The van der Waals surface area contributed by atoms with E-state index in [1.165, 1.54) is 0 Å². The zero-order valence-corrected chi connectivity index (χ0v) is 10.2. The highest BCUT2D eigenvalue weighted by molar-refractivity contribution is 5.79. The molecule has 0 atom stereocenters. The second-order valence-corrected chi connectivity index (χ2v) is 3.86. The van der Waals surface area contributed by atoms with Crippen LogP contribution in [0.4, 0.5) is 0 Å². The quantitative estimate of drug-likeness (QED) is 0.717. The number of carboxylic acid groups (broad SMARTS) is 1. The molecule has 0 aliphatic rings. The molecule has 2 heterocycles. The van der Waals surface area contributed by atoms with Gasteiger partial charge in [0.05, 0.1) is 11.7 Å². The number of benzene rings is 1. The van der Waals surface area contributed by atoms with Gasteiger partial charge in [0, 0.05) is 29.5 Å². The zero-order valence-electron chi connectivity index (χ0n) is 10.2. The number of nitrogens with zero attached hydrogens (tertiary/aromatic N) is 1. The first-order valence-corrected chi connectivity index (χ1v) is 5.79. The molecular weight excluding hydrogens is 242 g/mol. The molecule has 3 rings (SSSR count). The predicted molar refractivity (Wildman–Crippen MR) is 67.8 cm³/mol. The Hall–Kier alpha value is -2.69. The number of H-pyrrole nitrogens is 2. The van der Waals surface area contributed by atoms with E-state index < -0.39 is 5.97 Å². The maximum Gasteiger partial charge on any atom is 0.192 e. The average Bonchev–Trinajstić information content (AvgIpc) is 2.97. The maximum absolute atomic E-state index is 10.4. The summed E-state index contributed by atoms with van der Waals surface area (Å²) in [6.07, 6.45) is 3.50. The lowest BCUT2D eigenvalue weighted by atomic mass is 10.2. The Kier molecular flexibility index (Phi) is 4.23. The van der Waals surface area contributed by atoms with Crippen molar-refractivity contribution >= 4 is 16.9 Å². The summed E-state index contributed by atoms with van der Waals surface area (Å²) in [6.45, 7) is 0. The molecule has 0 spiro atoms. The van der Waals surface area contributed by atoms with Crippen LogP contribution in [-0.4, -0.2) is 16.1 Å². The van der Waals surface area contributed by atoms with Gasteiger partial charge in [-0.05, 0) is 12.1 Å². The summed E-state index contributed by atoms with van der Waals surface area (Å²) in [6, 6.07) is 13.0. The Morgan fingerprint density at radius 1 is 1.21 bits per heavy atom. The Bertz CT molecular complexity index is 633. The van der Waals surface area contributed by atoms with Crippen LogP contribution < -0.4 is 10.2 Å². The fraction of sp³-hybridized carbons (Fsp3) is 0.0714. The summed E-state index contributed by atoms with van der Waals surface area (Å²) in [5.41, 5.74) is 1.34. The molecule has 1 aromatic carbocycles. The number of carboxylic acids is 1. The summed E-state index contributed by atoms with van der Waals surface area (Å²) < 4.78 is 0. The van der Waals surface area contributed by atoms with Crippen LogP contribution >= 0.6 is 0 Å². The SMILES string of the molecule is O=C([O-])Cc1ccc2ccccc2n1.c1c[nH][nH+]c1. The first-order valence-electron chi connectivity index (χ1n) is 5.79. The number of aromatic nitrogens is 3. The lowest BCUT2D eigenvalue weighted by Crippen LogP contribution is -2.24. The molecule has 5 heteroatoms. The van der Waals surface area contributed by atoms with Crippen molar-refractivity contribution in [2.24, 2.45) is 0 Å². The summed E-state index contributed by atoms with van der Waals surface area (Å²) in [4.78, 5) is 14.5. The van der Waals surface area contributed by atoms with Gasteiger partial charge in [-0.25, -0.2) is 0 Å². The lowest BCUT2D eigenvalue weighted by Gasteiger charge is -2.03. The van der Waals surface area contributed by atoms with Crippen LogP contribution in [0.25, 0.3) is 10.9 Å². The number of carbonyl (C=O) groups is 1. The molecule has 2 N–H and O–H groups in total. The highest BCUT2D eigenvalue weighted by Gasteiger charge is 1.97. The van der Waals surface area contributed by atoms with Gasteiger partial charge in [0.1, 0.15) is 0 Å². The summed E-state index contributed by atoms with van der Waals surface area (Å²) in [5.74, 6) is -1.10. The van der Waals surface area contributed by atoms with Crippen LogP contribution in [0.1, 0.15) is 5.69 Å². The Balaban J connectivity index is 0.000000224. The lowest BCUT2D eigenvalue weighted by molar-refractivity contribution is -0.449. The van der Waals surface area contributed by atoms with Gasteiger partial charge in [-0.3, -0.25) is 4.98 Å². The maximum atomic E-state index is 10.4. The number of rotatable bonds is 2. The van der Waals surface area contributed by atoms with Gasteiger partial charge in [0.2, 0.25) is 0 Å². The van der Waals surface area contributed by atoms with E-state index >= 15 is 0 Å². The average molecular weight is 255 g/mol. The van der Waals surface area contributed by atoms with E-state index in [0.29, 0.717) is 5.69 Å². The van der Waals surface area contributed by atoms with Crippen molar-refractivity contribution < 1.29 is 15.0 Å². The van der Waals surface area contributed by atoms with Crippen LogP contribution in [0, 0.1) is 0 Å². The first-order chi connectivity index (χ1) is 9.25. The number of aromatic amines is 2. The fourth-order valence-corrected chi connectivity index (χ4v) is 1.60. The van der Waals surface area contributed by atoms with Crippen LogP contribution in [0.15, 0.2) is 54.9 Å². The van der Waals surface area contributed by atoms with Gasteiger partial charge >= 0.3 is 0 Å². The van der Waals surface area contributed by atoms with Crippen molar-refractivity contribution in [2.75, 3.05) is 0 Å². The molecular formula is C14H13N3O2. The Morgan fingerprint density at radius 2 is 2.05 bits per heavy atom. The van der Waals surface area contributed by atoms with E-state index in [-0.39, 0.29) is 6.42 Å². The second-order valence-electron chi connectivity index (χ2n) is 3.86. The first kappa shape index (κ1) is 12.8. The van der Waals surface area contributed by atoms with Crippen LogP contribution in [-0.2, 0) is 11.2 Å². The van der Waals surface area contributed by atoms with Gasteiger partial charge in [0.25, 0.3) is 0 Å². The van der Waals surface area contributed by atoms with Crippen LogP contribution in [0.5, 0.6) is 0 Å². The fourth-order valence-electron chi connectivity index (χ4n) is 1.60. The predicted octanol–water partition coefficient (Wildman–Crippen LogP) is 0.356. The molecule has 0 bridgehead atoms. The van der Waals surface area contributed by atoms with Gasteiger partial charge in [-0.2, -0.15) is 5.10 Å². The van der Waals surface area contributed by atoms with Crippen molar-refractivity contribution in [2.45, 2.75) is 6.42 Å². The van der Waals surface area contributed by atoms with Crippen molar-refractivity contribution in [1.29, 1.82) is 0 Å². The topological polar surface area (TPSA) is 83.0 Å². The minimum absolute atomic E-state index is 0.134. The smallest absolute Gasteiger partial charge is 0.192 e. The zero-order chi connectivity index (χ0) is 13.5. The van der Waals surface area contributed by atoms with Crippen molar-refractivity contribution in [1.82, 2.24) is 10.1 Å². The van der Waals surface area contributed by atoms with Crippen LogP contribution in [0.2, 0.25) is 0 Å². The molecule has 5 nitrogen and oxygen atoms in total.